The maximum atomic E-state index is 11.6. The van der Waals surface area contributed by atoms with Gasteiger partial charge in [0, 0.05) is 34.0 Å². The number of nitrogens with zero attached hydrogens (tertiary/aromatic N) is 1. The van der Waals surface area contributed by atoms with Gasteiger partial charge in [0.15, 0.2) is 5.54 Å². The first-order valence-electron chi connectivity index (χ1n) is 5.96. The lowest BCUT2D eigenvalue weighted by Crippen LogP contribution is -2.55. The van der Waals surface area contributed by atoms with Gasteiger partial charge in [0.05, 0.1) is 6.61 Å². The average molecular weight is 274 g/mol. The fraction of sp³-hybridized carbons (Fsp3) is 0.750. The zero-order valence-electron chi connectivity index (χ0n) is 11.9. The summed E-state index contributed by atoms with van der Waals surface area (Å²) in [5.41, 5.74) is -1.45. The van der Waals surface area contributed by atoms with Gasteiger partial charge in [-0.25, -0.2) is 4.79 Å². The molecule has 0 fully saturated rings. The van der Waals surface area contributed by atoms with Crippen LogP contribution < -0.4 is 5.32 Å². The van der Waals surface area contributed by atoms with Crippen LogP contribution in [0.4, 0.5) is 0 Å². The highest BCUT2D eigenvalue weighted by Gasteiger charge is 2.34. The SMILES string of the molecule is COCC(C)(NC(=O)CCCC(=O)N(C)C)C(=O)O. The molecule has 2 amide bonds. The van der Waals surface area contributed by atoms with E-state index < -0.39 is 17.4 Å². The molecule has 1 unspecified atom stereocenters. The molecule has 0 aliphatic carbocycles. The van der Waals surface area contributed by atoms with Crippen LogP contribution in [0.2, 0.25) is 0 Å². The Balaban J connectivity index is 4.22. The topological polar surface area (TPSA) is 95.9 Å². The molecular weight excluding hydrogens is 252 g/mol. The minimum atomic E-state index is -1.45. The van der Waals surface area contributed by atoms with E-state index in [9.17, 15) is 14.4 Å². The maximum absolute atomic E-state index is 11.6. The molecule has 0 aromatic heterocycles. The molecule has 1 atom stereocenters. The van der Waals surface area contributed by atoms with Crippen molar-refractivity contribution in [2.24, 2.45) is 0 Å². The third-order valence-corrected chi connectivity index (χ3v) is 2.61. The van der Waals surface area contributed by atoms with Crippen LogP contribution in [0.15, 0.2) is 0 Å². The van der Waals surface area contributed by atoms with Gasteiger partial charge in [-0.2, -0.15) is 0 Å². The number of ether oxygens (including phenoxy) is 1. The van der Waals surface area contributed by atoms with Gasteiger partial charge in [-0.3, -0.25) is 9.59 Å². The Morgan fingerprint density at radius 2 is 1.84 bits per heavy atom. The molecule has 110 valence electrons. The number of carboxylic acids is 1. The van der Waals surface area contributed by atoms with Crippen LogP contribution in [0, 0.1) is 0 Å². The molecule has 0 rings (SSSR count). The minimum Gasteiger partial charge on any atom is -0.479 e. The molecule has 19 heavy (non-hydrogen) atoms. The van der Waals surface area contributed by atoms with Crippen molar-refractivity contribution in [2.45, 2.75) is 31.7 Å². The van der Waals surface area contributed by atoms with Gasteiger partial charge in [-0.05, 0) is 13.3 Å². The van der Waals surface area contributed by atoms with Crippen LogP contribution in [0.25, 0.3) is 0 Å². The van der Waals surface area contributed by atoms with Crippen LogP contribution in [-0.2, 0) is 19.1 Å². The van der Waals surface area contributed by atoms with Crippen molar-refractivity contribution in [1.82, 2.24) is 10.2 Å². The molecule has 0 heterocycles. The predicted molar refractivity (Wildman–Crippen MR) is 68.6 cm³/mol. The highest BCUT2D eigenvalue weighted by molar-refractivity contribution is 5.87. The Morgan fingerprint density at radius 1 is 1.26 bits per heavy atom. The summed E-state index contributed by atoms with van der Waals surface area (Å²) >= 11 is 0. The van der Waals surface area contributed by atoms with Crippen molar-refractivity contribution in [1.29, 1.82) is 0 Å². The van der Waals surface area contributed by atoms with E-state index in [1.54, 1.807) is 14.1 Å². The first-order valence-corrected chi connectivity index (χ1v) is 5.96. The van der Waals surface area contributed by atoms with Crippen molar-refractivity contribution in [3.63, 3.8) is 0 Å². The summed E-state index contributed by atoms with van der Waals surface area (Å²) in [6, 6.07) is 0. The summed E-state index contributed by atoms with van der Waals surface area (Å²) in [5.74, 6) is -1.63. The van der Waals surface area contributed by atoms with E-state index in [4.69, 9.17) is 9.84 Å². The summed E-state index contributed by atoms with van der Waals surface area (Å²) in [5, 5.41) is 11.5. The lowest BCUT2D eigenvalue weighted by Gasteiger charge is -2.25. The summed E-state index contributed by atoms with van der Waals surface area (Å²) in [6.07, 6.45) is 0.742. The Morgan fingerprint density at radius 3 is 2.26 bits per heavy atom. The molecule has 0 aromatic carbocycles. The fourth-order valence-electron chi connectivity index (χ4n) is 1.43. The molecule has 2 N–H and O–H groups in total. The van der Waals surface area contributed by atoms with Crippen LogP contribution in [0.1, 0.15) is 26.2 Å². The zero-order chi connectivity index (χ0) is 15.1. The van der Waals surface area contributed by atoms with Gasteiger partial charge in [-0.15, -0.1) is 0 Å². The van der Waals surface area contributed by atoms with Crippen molar-refractivity contribution >= 4 is 17.8 Å². The quantitative estimate of drug-likeness (QED) is 0.642. The molecule has 0 aliphatic rings. The summed E-state index contributed by atoms with van der Waals surface area (Å²) < 4.78 is 4.79. The van der Waals surface area contributed by atoms with Crippen LogP contribution >= 0.6 is 0 Å². The number of methoxy groups -OCH3 is 1. The second-order valence-corrected chi connectivity index (χ2v) is 4.76. The number of hydrogen-bond acceptors (Lipinski definition) is 4. The van der Waals surface area contributed by atoms with E-state index in [-0.39, 0.29) is 25.4 Å². The summed E-state index contributed by atoms with van der Waals surface area (Å²) in [6.45, 7) is 1.26. The molecule has 0 radical (unpaired) electrons. The molecule has 0 aliphatic heterocycles. The highest BCUT2D eigenvalue weighted by atomic mass is 16.5. The number of carboxylic acid groups (broad SMARTS) is 1. The lowest BCUT2D eigenvalue weighted by molar-refractivity contribution is -0.149. The first kappa shape index (κ1) is 17.4. The van der Waals surface area contributed by atoms with E-state index >= 15 is 0 Å². The molecule has 0 saturated carbocycles. The third-order valence-electron chi connectivity index (χ3n) is 2.61. The van der Waals surface area contributed by atoms with E-state index in [1.807, 2.05) is 0 Å². The second-order valence-electron chi connectivity index (χ2n) is 4.76. The van der Waals surface area contributed by atoms with Crippen LogP contribution in [-0.4, -0.2) is 61.1 Å². The van der Waals surface area contributed by atoms with Gasteiger partial charge >= 0.3 is 5.97 Å². The van der Waals surface area contributed by atoms with Crippen molar-refractivity contribution in [2.75, 3.05) is 27.8 Å². The maximum Gasteiger partial charge on any atom is 0.331 e. The first-order chi connectivity index (χ1) is 8.73. The Kier molecular flexibility index (Phi) is 7.06. The Bertz CT molecular complexity index is 343. The molecule has 0 spiro atoms. The monoisotopic (exact) mass is 274 g/mol. The number of hydrogen-bond donors (Lipinski definition) is 2. The van der Waals surface area contributed by atoms with Gasteiger partial charge in [0.2, 0.25) is 11.8 Å². The summed E-state index contributed by atoms with van der Waals surface area (Å²) in [7, 11) is 4.65. The van der Waals surface area contributed by atoms with Crippen LogP contribution in [0.3, 0.4) is 0 Å². The zero-order valence-corrected chi connectivity index (χ0v) is 11.9. The van der Waals surface area contributed by atoms with Crippen LogP contribution in [0.5, 0.6) is 0 Å². The Hall–Kier alpha value is -1.63. The molecule has 7 nitrogen and oxygen atoms in total. The lowest BCUT2D eigenvalue weighted by atomic mass is 10.0. The Labute approximate surface area is 112 Å². The number of carbonyl (C=O) groups is 3. The van der Waals surface area contributed by atoms with Gasteiger partial charge in [0.25, 0.3) is 0 Å². The number of carbonyl (C=O) groups excluding carboxylic acids is 2. The molecule has 7 heteroatoms. The van der Waals surface area contributed by atoms with E-state index in [0.717, 1.165) is 0 Å². The van der Waals surface area contributed by atoms with E-state index in [1.165, 1.54) is 18.9 Å². The number of rotatable bonds is 8. The molecule has 0 aromatic rings. The van der Waals surface area contributed by atoms with Crippen molar-refractivity contribution < 1.29 is 24.2 Å². The fourth-order valence-corrected chi connectivity index (χ4v) is 1.43. The second kappa shape index (κ2) is 7.73. The van der Waals surface area contributed by atoms with E-state index in [0.29, 0.717) is 6.42 Å². The van der Waals surface area contributed by atoms with Crippen molar-refractivity contribution in [3.8, 4) is 0 Å². The van der Waals surface area contributed by atoms with E-state index in [2.05, 4.69) is 5.32 Å². The number of nitrogens with one attached hydrogen (secondary N) is 1. The molecule has 0 bridgehead atoms. The van der Waals surface area contributed by atoms with Crippen molar-refractivity contribution in [3.05, 3.63) is 0 Å². The predicted octanol–water partition coefficient (Wildman–Crippen LogP) is -0.149. The number of amides is 2. The minimum absolute atomic E-state index is 0.0642. The van der Waals surface area contributed by atoms with Gasteiger partial charge in [-0.1, -0.05) is 0 Å². The normalized spacial score (nSPS) is 13.5. The van der Waals surface area contributed by atoms with Gasteiger partial charge in [0.1, 0.15) is 0 Å². The van der Waals surface area contributed by atoms with Gasteiger partial charge < -0.3 is 20.1 Å². The largest absolute Gasteiger partial charge is 0.479 e. The molecule has 0 saturated heterocycles. The third kappa shape index (κ3) is 6.19. The number of aliphatic carboxylic acids is 1. The molecular formula is C12H22N2O5. The highest BCUT2D eigenvalue weighted by Crippen LogP contribution is 2.07. The summed E-state index contributed by atoms with van der Waals surface area (Å²) in [4.78, 5) is 35.4. The smallest absolute Gasteiger partial charge is 0.331 e. The average Bonchev–Trinajstić information content (AvgIpc) is 2.28. The standard InChI is InChI=1S/C12H22N2O5/c1-12(8-19-4,11(17)18)13-9(15)6-5-7-10(16)14(2)3/h5-8H2,1-4H3,(H,13,15)(H,17,18).